The van der Waals surface area contributed by atoms with Crippen LogP contribution in [0.5, 0.6) is 0 Å². The molecule has 2 amide bonds. The number of imidazole rings is 1. The maximum Gasteiger partial charge on any atom is 0.411 e. The van der Waals surface area contributed by atoms with E-state index in [0.717, 1.165) is 53.4 Å². The minimum absolute atomic E-state index is 0.153. The van der Waals surface area contributed by atoms with Gasteiger partial charge in [0.05, 0.1) is 12.2 Å². The smallest absolute Gasteiger partial charge is 0.411 e. The Morgan fingerprint density at radius 2 is 1.52 bits per heavy atom. The number of hydrogen-bond acceptors (Lipinski definition) is 7. The highest BCUT2D eigenvalue weighted by Gasteiger charge is 2.35. The summed E-state index contributed by atoms with van der Waals surface area (Å²) >= 11 is 0. The lowest BCUT2D eigenvalue weighted by Gasteiger charge is -2.28. The van der Waals surface area contributed by atoms with E-state index in [-0.39, 0.29) is 24.4 Å². The van der Waals surface area contributed by atoms with Gasteiger partial charge in [0.15, 0.2) is 0 Å². The zero-order valence-electron chi connectivity index (χ0n) is 28.6. The Morgan fingerprint density at radius 3 is 2.17 bits per heavy atom. The highest BCUT2D eigenvalue weighted by atomic mass is 16.6. The number of fused-ring (bicyclic) bond motifs is 1. The molecule has 48 heavy (non-hydrogen) atoms. The van der Waals surface area contributed by atoms with E-state index >= 15 is 0 Å². The van der Waals surface area contributed by atoms with Crippen LogP contribution in [0.2, 0.25) is 0 Å². The minimum Gasteiger partial charge on any atom is -0.444 e. The van der Waals surface area contributed by atoms with Gasteiger partial charge in [-0.1, -0.05) is 24.0 Å². The molecule has 2 saturated heterocycles. The number of nitrogens with zero attached hydrogens (tertiary/aromatic N) is 4. The van der Waals surface area contributed by atoms with Crippen molar-refractivity contribution in [1.29, 1.82) is 0 Å². The molecule has 0 spiro atoms. The lowest BCUT2D eigenvalue weighted by molar-refractivity contribution is 0.0203. The van der Waals surface area contributed by atoms with Gasteiger partial charge in [0.2, 0.25) is 0 Å². The van der Waals surface area contributed by atoms with E-state index in [0.29, 0.717) is 24.5 Å². The number of likely N-dealkylation sites (tertiary alicyclic amines) is 2. The molecule has 2 fully saturated rings. The van der Waals surface area contributed by atoms with Crippen molar-refractivity contribution in [3.63, 3.8) is 0 Å². The molecule has 2 N–H and O–H groups in total. The van der Waals surface area contributed by atoms with Gasteiger partial charge in [0, 0.05) is 30.4 Å². The predicted molar refractivity (Wildman–Crippen MR) is 187 cm³/mol. The summed E-state index contributed by atoms with van der Waals surface area (Å²) in [4.78, 5) is 40.6. The van der Waals surface area contributed by atoms with E-state index in [1.54, 1.807) is 22.2 Å². The molecule has 0 aliphatic carbocycles. The number of rotatable bonds is 4. The van der Waals surface area contributed by atoms with Gasteiger partial charge in [0.25, 0.3) is 0 Å². The SMILES string of the molecule is C=N/C(C#Cc1ccc2cc(C#Cc3cnc([C@@H]4CCCN4C(=O)OC(C)(C)C)[nH]3)ccc2c1)=C\NC1CCCN1C(=O)OC(C)(C)C. The first kappa shape index (κ1) is 34.1. The number of benzene rings is 2. The summed E-state index contributed by atoms with van der Waals surface area (Å²) in [6.07, 6.45) is 5.98. The maximum absolute atomic E-state index is 12.7. The fourth-order valence-electron chi connectivity index (χ4n) is 5.61. The van der Waals surface area contributed by atoms with Crippen LogP contribution in [0.3, 0.4) is 0 Å². The first-order valence-electron chi connectivity index (χ1n) is 16.3. The number of aromatic nitrogens is 2. The van der Waals surface area contributed by atoms with Crippen molar-refractivity contribution in [1.82, 2.24) is 25.1 Å². The first-order valence-corrected chi connectivity index (χ1v) is 16.3. The Kier molecular flexibility index (Phi) is 10.1. The fourth-order valence-corrected chi connectivity index (χ4v) is 5.61. The maximum atomic E-state index is 12.7. The van der Waals surface area contributed by atoms with E-state index in [1.165, 1.54) is 0 Å². The van der Waals surface area contributed by atoms with E-state index < -0.39 is 11.2 Å². The lowest BCUT2D eigenvalue weighted by atomic mass is 10.0. The third-order valence-electron chi connectivity index (χ3n) is 7.77. The molecule has 1 unspecified atom stereocenters. The van der Waals surface area contributed by atoms with Gasteiger partial charge in [0.1, 0.15) is 34.6 Å². The molecule has 3 heterocycles. The Morgan fingerprint density at radius 1 is 0.917 bits per heavy atom. The minimum atomic E-state index is -0.552. The Bertz CT molecular complexity index is 1840. The van der Waals surface area contributed by atoms with Crippen LogP contribution in [0.15, 0.2) is 59.5 Å². The monoisotopic (exact) mass is 648 g/mol. The molecule has 10 nitrogen and oxygen atoms in total. The predicted octanol–water partition coefficient (Wildman–Crippen LogP) is 6.87. The van der Waals surface area contributed by atoms with E-state index in [9.17, 15) is 9.59 Å². The number of carbonyl (C=O) groups is 2. The molecule has 0 bridgehead atoms. The van der Waals surface area contributed by atoms with Gasteiger partial charge >= 0.3 is 12.2 Å². The molecule has 1 aromatic heterocycles. The van der Waals surface area contributed by atoms with Gasteiger partial charge in [-0.05, 0) is 121 Å². The molecular formula is C38H44N6O4. The lowest BCUT2D eigenvalue weighted by Crippen LogP contribution is -2.45. The number of nitrogens with one attached hydrogen (secondary N) is 2. The fraction of sp³-hybridized carbons (Fsp3) is 0.421. The summed E-state index contributed by atoms with van der Waals surface area (Å²) in [5, 5.41) is 5.34. The highest BCUT2D eigenvalue weighted by molar-refractivity contribution is 5.85. The molecule has 2 aromatic carbocycles. The van der Waals surface area contributed by atoms with Crippen LogP contribution in [-0.2, 0) is 9.47 Å². The van der Waals surface area contributed by atoms with Crippen LogP contribution in [0.4, 0.5) is 9.59 Å². The van der Waals surface area contributed by atoms with Crippen LogP contribution < -0.4 is 5.32 Å². The van der Waals surface area contributed by atoms with Crippen molar-refractivity contribution in [2.45, 2.75) is 90.6 Å². The summed E-state index contributed by atoms with van der Waals surface area (Å²) in [7, 11) is 0. The van der Waals surface area contributed by atoms with Crippen LogP contribution in [0.1, 0.15) is 95.9 Å². The van der Waals surface area contributed by atoms with Crippen LogP contribution in [0, 0.1) is 23.7 Å². The third kappa shape index (κ3) is 8.98. The van der Waals surface area contributed by atoms with Crippen molar-refractivity contribution < 1.29 is 19.1 Å². The summed E-state index contributed by atoms with van der Waals surface area (Å²) < 4.78 is 11.1. The third-order valence-corrected chi connectivity index (χ3v) is 7.77. The van der Waals surface area contributed by atoms with Crippen LogP contribution >= 0.6 is 0 Å². The van der Waals surface area contributed by atoms with Crippen molar-refractivity contribution >= 4 is 29.7 Å². The topological polar surface area (TPSA) is 112 Å². The zero-order chi connectivity index (χ0) is 34.5. The van der Waals surface area contributed by atoms with Gasteiger partial charge < -0.3 is 19.8 Å². The van der Waals surface area contributed by atoms with Gasteiger partial charge in [-0.25, -0.2) is 14.6 Å². The summed E-state index contributed by atoms with van der Waals surface area (Å²) in [5.74, 6) is 13.4. The van der Waals surface area contributed by atoms with Crippen molar-refractivity contribution in [2.24, 2.45) is 4.99 Å². The second kappa shape index (κ2) is 14.3. The number of H-pyrrole nitrogens is 1. The number of aliphatic imine (C=N–C) groups is 1. The second-order valence-electron chi connectivity index (χ2n) is 14.0. The van der Waals surface area contributed by atoms with Crippen molar-refractivity contribution in [2.75, 3.05) is 13.1 Å². The molecule has 5 rings (SSSR count). The average Bonchev–Trinajstić information content (AvgIpc) is 3.79. The van der Waals surface area contributed by atoms with Gasteiger partial charge in [-0.15, -0.1) is 0 Å². The standard InChI is InChI=1S/C38H44N6O4/c1-37(2,3)47-35(45)43-20-8-10-32(43)34-41-25-31(42-34)19-15-27-13-17-28-22-26(12-16-29(28)23-27)14-18-30(39-7)24-40-33-11-9-21-44(33)36(46)48-38(4,5)6/h12-13,16-17,22-25,32-33,40H,7-11,20-21H2,1-6H3,(H,41,42)/b30-24-/t32-,33?/m0/s1. The molecular weight excluding hydrogens is 604 g/mol. The van der Waals surface area contributed by atoms with Crippen molar-refractivity contribution in [3.05, 3.63) is 77.1 Å². The Hall–Kier alpha value is -5.22. The first-order chi connectivity index (χ1) is 22.8. The summed E-state index contributed by atoms with van der Waals surface area (Å²) in [6, 6.07) is 11.9. The Labute approximate surface area is 283 Å². The van der Waals surface area contributed by atoms with E-state index in [2.05, 4.69) is 50.7 Å². The molecule has 3 aromatic rings. The molecule has 2 atom stereocenters. The van der Waals surface area contributed by atoms with E-state index in [1.807, 2.05) is 77.9 Å². The number of allylic oxidation sites excluding steroid dienone is 1. The highest BCUT2D eigenvalue weighted by Crippen LogP contribution is 2.31. The van der Waals surface area contributed by atoms with Crippen LogP contribution in [0.25, 0.3) is 10.8 Å². The normalized spacial score (nSPS) is 18.1. The number of amides is 2. The molecule has 10 heteroatoms. The van der Waals surface area contributed by atoms with Gasteiger partial charge in [-0.3, -0.25) is 14.8 Å². The molecule has 250 valence electrons. The number of ether oxygens (including phenoxy) is 2. The Balaban J connectivity index is 1.22. The number of aromatic amines is 1. The molecule has 2 aliphatic heterocycles. The number of hydrogen-bond donors (Lipinski definition) is 2. The summed E-state index contributed by atoms with van der Waals surface area (Å²) in [6.45, 7) is 16.1. The zero-order valence-corrected chi connectivity index (χ0v) is 28.6. The van der Waals surface area contributed by atoms with Crippen LogP contribution in [-0.4, -0.2) is 69.1 Å². The van der Waals surface area contributed by atoms with Crippen molar-refractivity contribution in [3.8, 4) is 23.7 Å². The number of carbonyl (C=O) groups excluding carboxylic acids is 2. The van der Waals surface area contributed by atoms with E-state index in [4.69, 9.17) is 9.47 Å². The average molecular weight is 649 g/mol. The summed E-state index contributed by atoms with van der Waals surface area (Å²) in [5.41, 5.74) is 1.77. The molecule has 0 saturated carbocycles. The quantitative estimate of drug-likeness (QED) is 0.236. The molecule has 2 aliphatic rings. The van der Waals surface area contributed by atoms with Gasteiger partial charge in [-0.2, -0.15) is 0 Å². The second-order valence-corrected chi connectivity index (χ2v) is 14.0. The molecule has 0 radical (unpaired) electrons. The largest absolute Gasteiger partial charge is 0.444 e.